The van der Waals surface area contributed by atoms with Gasteiger partial charge in [-0.3, -0.25) is 15.0 Å². The highest BCUT2D eigenvalue weighted by Crippen LogP contribution is 2.25. The van der Waals surface area contributed by atoms with Crippen molar-refractivity contribution >= 4 is 11.9 Å². The quantitative estimate of drug-likeness (QED) is 0.345. The monoisotopic (exact) mass is 262 g/mol. The molecule has 2 rings (SSSR count). The molecule has 0 spiro atoms. The molecule has 0 aromatic rings. The molecule has 5 atom stereocenters. The van der Waals surface area contributed by atoms with E-state index in [1.165, 1.54) is 0 Å². The van der Waals surface area contributed by atoms with Gasteiger partial charge in [-0.15, -0.1) is 0 Å². The zero-order valence-corrected chi connectivity index (χ0v) is 9.26. The molecule has 0 radical (unpaired) electrons. The van der Waals surface area contributed by atoms with E-state index in [4.69, 9.17) is 9.84 Å². The molecule has 0 aromatic heterocycles. The molecule has 18 heavy (non-hydrogen) atoms. The summed E-state index contributed by atoms with van der Waals surface area (Å²) in [7, 11) is 0. The second kappa shape index (κ2) is 4.78. The van der Waals surface area contributed by atoms with Crippen molar-refractivity contribution in [2.45, 2.75) is 30.6 Å². The van der Waals surface area contributed by atoms with E-state index >= 15 is 0 Å². The SMILES string of the molecule is O=C1NC(=O)N([C@H]2O[C@@H](CO)C(O)C2O)CC1O. The number of aliphatic hydroxyl groups is 4. The topological polar surface area (TPSA) is 140 Å². The highest BCUT2D eigenvalue weighted by molar-refractivity contribution is 5.99. The third-order valence-electron chi connectivity index (χ3n) is 2.99. The Bertz CT molecular complexity index is 363. The highest BCUT2D eigenvalue weighted by atomic mass is 16.6. The molecule has 0 bridgehead atoms. The summed E-state index contributed by atoms with van der Waals surface area (Å²) in [6.07, 6.45) is -6.44. The van der Waals surface area contributed by atoms with Gasteiger partial charge in [0.25, 0.3) is 5.91 Å². The lowest BCUT2D eigenvalue weighted by Crippen LogP contribution is -2.61. The number of carbonyl (C=O) groups excluding carboxylic acids is 2. The summed E-state index contributed by atoms with van der Waals surface area (Å²) in [5, 5.41) is 39.4. The number of β-amino-alcohol motifs (C(OH)–C–C–N with tert-alkyl or cyclic N) is 1. The van der Waals surface area contributed by atoms with Crippen LogP contribution in [0.4, 0.5) is 4.79 Å². The lowest BCUT2D eigenvalue weighted by Gasteiger charge is -2.34. The summed E-state index contributed by atoms with van der Waals surface area (Å²) in [6, 6.07) is -0.833. The first-order valence-electron chi connectivity index (χ1n) is 5.37. The third kappa shape index (κ3) is 2.06. The summed E-state index contributed by atoms with van der Waals surface area (Å²) in [5.74, 6) is -0.831. The molecule has 0 aromatic carbocycles. The average Bonchev–Trinajstić information content (AvgIpc) is 2.61. The Balaban J connectivity index is 2.12. The standard InChI is InChI=1S/C9H14N2O7/c12-2-4-5(14)6(15)8(18-4)11-1-3(13)7(16)10-9(11)17/h3-6,8,12-15H,1-2H2,(H,10,16,17)/t3?,4-,5?,6?,8-/m0/s1. The number of amides is 3. The van der Waals surface area contributed by atoms with E-state index in [0.29, 0.717) is 0 Å². The molecule has 2 fully saturated rings. The Morgan fingerprint density at radius 1 is 1.28 bits per heavy atom. The van der Waals surface area contributed by atoms with Crippen LogP contribution in [0, 0.1) is 0 Å². The number of hydrogen-bond donors (Lipinski definition) is 5. The molecule has 0 saturated carbocycles. The zero-order valence-electron chi connectivity index (χ0n) is 9.26. The first-order valence-corrected chi connectivity index (χ1v) is 5.37. The highest BCUT2D eigenvalue weighted by Gasteiger charge is 2.48. The van der Waals surface area contributed by atoms with Gasteiger partial charge in [0, 0.05) is 0 Å². The Kier molecular flexibility index (Phi) is 3.50. The van der Waals surface area contributed by atoms with Gasteiger partial charge in [-0.2, -0.15) is 0 Å². The van der Waals surface area contributed by atoms with Gasteiger partial charge >= 0.3 is 6.03 Å². The van der Waals surface area contributed by atoms with Crippen LogP contribution < -0.4 is 5.32 Å². The number of ether oxygens (including phenoxy) is 1. The van der Waals surface area contributed by atoms with E-state index in [1.54, 1.807) is 0 Å². The molecular weight excluding hydrogens is 248 g/mol. The van der Waals surface area contributed by atoms with Crippen LogP contribution in [0.5, 0.6) is 0 Å². The van der Waals surface area contributed by atoms with Crippen LogP contribution in [-0.4, -0.2) is 81.1 Å². The smallest absolute Gasteiger partial charge is 0.326 e. The molecule has 9 heteroatoms. The number of aliphatic hydroxyl groups excluding tert-OH is 4. The summed E-state index contributed by atoms with van der Waals surface area (Å²) in [5.41, 5.74) is 0. The minimum absolute atomic E-state index is 0.350. The predicted octanol–water partition coefficient (Wildman–Crippen LogP) is -3.66. The first-order chi connectivity index (χ1) is 8.45. The predicted molar refractivity (Wildman–Crippen MR) is 54.0 cm³/mol. The van der Waals surface area contributed by atoms with Crippen LogP contribution in [0.2, 0.25) is 0 Å². The van der Waals surface area contributed by atoms with Gasteiger partial charge in [0.1, 0.15) is 18.3 Å². The van der Waals surface area contributed by atoms with E-state index in [2.05, 4.69) is 0 Å². The zero-order chi connectivity index (χ0) is 13.4. The lowest BCUT2D eigenvalue weighted by molar-refractivity contribution is -0.137. The fourth-order valence-electron chi connectivity index (χ4n) is 1.97. The molecule has 9 nitrogen and oxygen atoms in total. The van der Waals surface area contributed by atoms with Crippen molar-refractivity contribution in [3.63, 3.8) is 0 Å². The molecule has 2 saturated heterocycles. The maximum absolute atomic E-state index is 11.5. The molecule has 3 unspecified atom stereocenters. The maximum atomic E-state index is 11.5. The number of hydrogen-bond acceptors (Lipinski definition) is 7. The number of rotatable bonds is 2. The van der Waals surface area contributed by atoms with Gasteiger partial charge in [-0.1, -0.05) is 0 Å². The normalized spacial score (nSPS) is 41.1. The van der Waals surface area contributed by atoms with Crippen LogP contribution in [0.1, 0.15) is 0 Å². The van der Waals surface area contributed by atoms with Crippen molar-refractivity contribution in [3.8, 4) is 0 Å². The largest absolute Gasteiger partial charge is 0.394 e. The molecule has 5 N–H and O–H groups in total. The van der Waals surface area contributed by atoms with E-state index in [-0.39, 0.29) is 6.54 Å². The average molecular weight is 262 g/mol. The third-order valence-corrected chi connectivity index (χ3v) is 2.99. The van der Waals surface area contributed by atoms with Crippen LogP contribution in [-0.2, 0) is 9.53 Å². The van der Waals surface area contributed by atoms with E-state index in [9.17, 15) is 24.9 Å². The maximum Gasteiger partial charge on any atom is 0.326 e. The molecule has 0 aliphatic carbocycles. The van der Waals surface area contributed by atoms with Crippen molar-refractivity contribution in [3.05, 3.63) is 0 Å². The van der Waals surface area contributed by atoms with Gasteiger partial charge in [0.05, 0.1) is 13.2 Å². The first kappa shape index (κ1) is 13.2. The molecule has 2 aliphatic rings. The Hall–Kier alpha value is -1.26. The van der Waals surface area contributed by atoms with Gasteiger partial charge in [-0.25, -0.2) is 4.79 Å². The molecule has 102 valence electrons. The summed E-state index contributed by atoms with van der Waals surface area (Å²) < 4.78 is 5.12. The molecule has 2 heterocycles. The van der Waals surface area contributed by atoms with Gasteiger partial charge in [0.15, 0.2) is 12.3 Å². The van der Waals surface area contributed by atoms with Crippen LogP contribution in [0.3, 0.4) is 0 Å². The van der Waals surface area contributed by atoms with Gasteiger partial charge < -0.3 is 25.2 Å². The van der Waals surface area contributed by atoms with Crippen LogP contribution in [0.25, 0.3) is 0 Å². The number of urea groups is 1. The van der Waals surface area contributed by atoms with E-state index < -0.39 is 49.2 Å². The van der Waals surface area contributed by atoms with Crippen LogP contribution >= 0.6 is 0 Å². The van der Waals surface area contributed by atoms with Crippen molar-refractivity contribution < 1.29 is 34.8 Å². The van der Waals surface area contributed by atoms with Crippen molar-refractivity contribution in [2.75, 3.05) is 13.2 Å². The fraction of sp³-hybridized carbons (Fsp3) is 0.778. The number of carbonyl (C=O) groups is 2. The fourth-order valence-corrected chi connectivity index (χ4v) is 1.97. The summed E-state index contributed by atoms with van der Waals surface area (Å²) in [4.78, 5) is 23.5. The minimum atomic E-state index is -1.43. The Morgan fingerprint density at radius 2 is 1.94 bits per heavy atom. The molecule has 3 amide bonds. The van der Waals surface area contributed by atoms with E-state index in [1.807, 2.05) is 5.32 Å². The number of imide groups is 1. The molecular formula is C9H14N2O7. The Morgan fingerprint density at radius 3 is 2.50 bits per heavy atom. The van der Waals surface area contributed by atoms with Gasteiger partial charge in [0.2, 0.25) is 0 Å². The summed E-state index contributed by atoms with van der Waals surface area (Å²) in [6.45, 7) is -0.872. The van der Waals surface area contributed by atoms with Crippen LogP contribution in [0.15, 0.2) is 0 Å². The van der Waals surface area contributed by atoms with Crippen molar-refractivity contribution in [2.24, 2.45) is 0 Å². The minimum Gasteiger partial charge on any atom is -0.394 e. The molecule has 2 aliphatic heterocycles. The van der Waals surface area contributed by atoms with Gasteiger partial charge in [-0.05, 0) is 0 Å². The second-order valence-corrected chi connectivity index (χ2v) is 4.19. The number of nitrogens with zero attached hydrogens (tertiary/aromatic N) is 1. The Labute approximate surface area is 102 Å². The van der Waals surface area contributed by atoms with Crippen molar-refractivity contribution in [1.29, 1.82) is 0 Å². The second-order valence-electron chi connectivity index (χ2n) is 4.19. The van der Waals surface area contributed by atoms with E-state index in [0.717, 1.165) is 4.90 Å². The lowest BCUT2D eigenvalue weighted by atomic mass is 10.1. The van der Waals surface area contributed by atoms with Crippen molar-refractivity contribution in [1.82, 2.24) is 10.2 Å². The number of nitrogens with one attached hydrogen (secondary N) is 1. The summed E-state index contributed by atoms with van der Waals surface area (Å²) >= 11 is 0.